The Morgan fingerprint density at radius 3 is 2.37 bits per heavy atom. The number of methoxy groups -OCH3 is 1. The molecule has 0 bridgehead atoms. The second kappa shape index (κ2) is 12.0. The number of nitrogens with zero attached hydrogens (tertiary/aromatic N) is 2. The quantitative estimate of drug-likeness (QED) is 0.366. The molecule has 0 aromatic heterocycles. The number of ether oxygens (including phenoxy) is 1. The van der Waals surface area contributed by atoms with Gasteiger partial charge >= 0.3 is 0 Å². The molecule has 12 heteroatoms. The van der Waals surface area contributed by atoms with E-state index < -0.39 is 10.0 Å². The summed E-state index contributed by atoms with van der Waals surface area (Å²) in [4.78, 5) is 15.0. The van der Waals surface area contributed by atoms with E-state index in [1.54, 1.807) is 67.8 Å². The topological polar surface area (TPSA) is 91.0 Å². The van der Waals surface area contributed by atoms with Crippen molar-refractivity contribution in [3.63, 3.8) is 0 Å². The van der Waals surface area contributed by atoms with Crippen LogP contribution in [0.3, 0.4) is 0 Å². The highest BCUT2D eigenvalue weighted by Gasteiger charge is 2.30. The molecule has 0 spiro atoms. The lowest BCUT2D eigenvalue weighted by Crippen LogP contribution is -2.49. The molecule has 1 amide bonds. The number of aryl methyl sites for hydroxylation is 1. The highest BCUT2D eigenvalue weighted by Crippen LogP contribution is 2.35. The lowest BCUT2D eigenvalue weighted by molar-refractivity contribution is 0.0977. The Bertz CT molecular complexity index is 1460. The number of sulfonamides is 1. The fraction of sp³-hybridized carbons (Fsp3) is 0.231. The minimum Gasteiger partial charge on any atom is -0.496 e. The minimum atomic E-state index is -3.59. The first-order chi connectivity index (χ1) is 18.1. The van der Waals surface area contributed by atoms with Gasteiger partial charge in [0.25, 0.3) is 5.91 Å². The van der Waals surface area contributed by atoms with Gasteiger partial charge in [-0.05, 0) is 77.5 Å². The SMILES string of the molecule is COc1ccc(C(=O)NC(=S)Nc2cccc(Cl)c2N2CCN(S(=O)(=O)c3ccc(C)cc3)CC2)cc1Br. The number of piperazine rings is 1. The monoisotopic (exact) mass is 636 g/mol. The van der Waals surface area contributed by atoms with Crippen molar-refractivity contribution in [2.24, 2.45) is 0 Å². The van der Waals surface area contributed by atoms with E-state index in [2.05, 4.69) is 26.6 Å². The number of rotatable bonds is 6. The van der Waals surface area contributed by atoms with E-state index in [0.29, 0.717) is 58.4 Å². The highest BCUT2D eigenvalue weighted by molar-refractivity contribution is 9.10. The van der Waals surface area contributed by atoms with E-state index in [9.17, 15) is 13.2 Å². The van der Waals surface area contributed by atoms with Gasteiger partial charge in [-0.2, -0.15) is 4.31 Å². The Morgan fingerprint density at radius 1 is 1.05 bits per heavy atom. The number of halogens is 2. The molecule has 0 unspecified atom stereocenters. The lowest BCUT2D eigenvalue weighted by Gasteiger charge is -2.36. The van der Waals surface area contributed by atoms with Crippen LogP contribution in [0.1, 0.15) is 15.9 Å². The lowest BCUT2D eigenvalue weighted by atomic mass is 10.2. The summed E-state index contributed by atoms with van der Waals surface area (Å²) in [5.74, 6) is 0.224. The molecule has 8 nitrogen and oxygen atoms in total. The Hall–Kier alpha value is -2.70. The van der Waals surface area contributed by atoms with Crippen molar-refractivity contribution < 1.29 is 17.9 Å². The molecule has 200 valence electrons. The molecule has 1 aliphatic rings. The van der Waals surface area contributed by atoms with Crippen molar-refractivity contribution in [2.75, 3.05) is 43.5 Å². The van der Waals surface area contributed by atoms with E-state index in [1.165, 1.54) is 4.31 Å². The molecule has 1 heterocycles. The number of thiocarbonyl (C=S) groups is 1. The number of carbonyl (C=O) groups excluding carboxylic acids is 1. The second-order valence-corrected chi connectivity index (χ2v) is 12.2. The minimum absolute atomic E-state index is 0.103. The van der Waals surface area contributed by atoms with Crippen LogP contribution in [-0.4, -0.2) is 57.0 Å². The van der Waals surface area contributed by atoms with Crippen molar-refractivity contribution in [2.45, 2.75) is 11.8 Å². The van der Waals surface area contributed by atoms with Crippen molar-refractivity contribution in [1.82, 2.24) is 9.62 Å². The number of nitrogens with one attached hydrogen (secondary N) is 2. The molecule has 0 atom stereocenters. The largest absolute Gasteiger partial charge is 0.496 e. The molecule has 1 fully saturated rings. The van der Waals surface area contributed by atoms with Crippen molar-refractivity contribution in [3.8, 4) is 5.75 Å². The second-order valence-electron chi connectivity index (χ2n) is 8.60. The fourth-order valence-corrected chi connectivity index (χ4v) is 6.54. The van der Waals surface area contributed by atoms with Gasteiger partial charge in [0.15, 0.2) is 5.11 Å². The van der Waals surface area contributed by atoms with Crippen molar-refractivity contribution >= 4 is 72.2 Å². The molecule has 1 aliphatic heterocycles. The van der Waals surface area contributed by atoms with Crippen molar-refractivity contribution in [3.05, 3.63) is 81.3 Å². The summed E-state index contributed by atoms with van der Waals surface area (Å²) in [5.41, 5.74) is 2.69. The molecule has 3 aromatic rings. The number of hydrogen-bond donors (Lipinski definition) is 2. The van der Waals surface area contributed by atoms with Crippen LogP contribution in [0.5, 0.6) is 5.75 Å². The predicted molar refractivity (Wildman–Crippen MR) is 158 cm³/mol. The zero-order valence-corrected chi connectivity index (χ0v) is 24.7. The van der Waals surface area contributed by atoms with E-state index in [1.807, 2.05) is 11.8 Å². The maximum Gasteiger partial charge on any atom is 0.257 e. The molecule has 2 N–H and O–H groups in total. The van der Waals surface area contributed by atoms with Gasteiger partial charge in [-0.1, -0.05) is 35.4 Å². The third-order valence-corrected chi connectivity index (χ3v) is 9.13. The summed E-state index contributed by atoms with van der Waals surface area (Å²) < 4.78 is 33.5. The van der Waals surface area contributed by atoms with Crippen LogP contribution in [0.2, 0.25) is 5.02 Å². The van der Waals surface area contributed by atoms with Gasteiger partial charge in [-0.3, -0.25) is 10.1 Å². The molecular weight excluding hydrogens is 612 g/mol. The number of benzene rings is 3. The Balaban J connectivity index is 1.44. The normalized spacial score (nSPS) is 14.2. The summed E-state index contributed by atoms with van der Waals surface area (Å²) in [6, 6.07) is 17.1. The molecule has 38 heavy (non-hydrogen) atoms. The third-order valence-electron chi connectivity index (χ3n) is 6.09. The maximum atomic E-state index is 13.1. The third kappa shape index (κ3) is 6.29. The van der Waals surface area contributed by atoms with Crippen LogP contribution in [0.15, 0.2) is 70.0 Å². The van der Waals surface area contributed by atoms with E-state index >= 15 is 0 Å². The molecule has 4 rings (SSSR count). The zero-order chi connectivity index (χ0) is 27.4. The predicted octanol–water partition coefficient (Wildman–Crippen LogP) is 5.06. The summed E-state index contributed by atoms with van der Waals surface area (Å²) in [6.07, 6.45) is 0. The van der Waals surface area contributed by atoms with Crippen molar-refractivity contribution in [1.29, 1.82) is 0 Å². The summed E-state index contributed by atoms with van der Waals surface area (Å²) in [6.45, 7) is 3.38. The van der Waals surface area contributed by atoms with E-state index in [0.717, 1.165) is 5.56 Å². The van der Waals surface area contributed by atoms with E-state index in [-0.39, 0.29) is 15.9 Å². The molecule has 1 saturated heterocycles. The number of anilines is 2. The standard InChI is InChI=1S/C26H26BrClN4O4S2/c1-17-6-9-19(10-7-17)38(34,35)32-14-12-31(13-15-32)24-21(28)4-3-5-22(24)29-26(37)30-25(33)18-8-11-23(36-2)20(27)16-18/h3-11,16H,12-15H2,1-2H3,(H2,29,30,33,37). The average molecular weight is 638 g/mol. The summed E-state index contributed by atoms with van der Waals surface area (Å²) in [5, 5.41) is 6.33. The van der Waals surface area contributed by atoms with Gasteiger partial charge in [0.1, 0.15) is 5.75 Å². The first-order valence-corrected chi connectivity index (χ1v) is 14.7. The van der Waals surface area contributed by atoms with Crippen LogP contribution in [0.4, 0.5) is 11.4 Å². The molecule has 0 saturated carbocycles. The zero-order valence-electron chi connectivity index (χ0n) is 20.7. The highest BCUT2D eigenvalue weighted by atomic mass is 79.9. The van der Waals surface area contributed by atoms with Gasteiger partial charge in [-0.15, -0.1) is 0 Å². The Morgan fingerprint density at radius 2 is 1.74 bits per heavy atom. The fourth-order valence-electron chi connectivity index (χ4n) is 4.09. The first kappa shape index (κ1) is 28.3. The number of carbonyl (C=O) groups is 1. The maximum absolute atomic E-state index is 13.1. The van der Waals surface area contributed by atoms with Crippen LogP contribution in [0.25, 0.3) is 0 Å². The average Bonchev–Trinajstić information content (AvgIpc) is 2.89. The first-order valence-electron chi connectivity index (χ1n) is 11.7. The molecule has 0 aliphatic carbocycles. The van der Waals surface area contributed by atoms with E-state index in [4.69, 9.17) is 28.6 Å². The van der Waals surface area contributed by atoms with Crippen LogP contribution in [0, 0.1) is 6.92 Å². The molecule has 3 aromatic carbocycles. The molecule has 0 radical (unpaired) electrons. The number of para-hydroxylation sites is 1. The van der Waals surface area contributed by atoms with Gasteiger partial charge in [0, 0.05) is 31.7 Å². The van der Waals surface area contributed by atoms with Gasteiger partial charge in [0.05, 0.1) is 32.9 Å². The number of hydrogen-bond acceptors (Lipinski definition) is 6. The van der Waals surface area contributed by atoms with Crippen LogP contribution >= 0.6 is 39.7 Å². The van der Waals surface area contributed by atoms with Crippen LogP contribution < -0.4 is 20.3 Å². The Kier molecular flexibility index (Phi) is 8.94. The summed E-state index contributed by atoms with van der Waals surface area (Å²) in [7, 11) is -2.05. The van der Waals surface area contributed by atoms with Gasteiger partial charge in [-0.25, -0.2) is 8.42 Å². The number of amides is 1. The van der Waals surface area contributed by atoms with Gasteiger partial charge in [0.2, 0.25) is 10.0 Å². The summed E-state index contributed by atoms with van der Waals surface area (Å²) >= 11 is 15.3. The molecular formula is C26H26BrClN4O4S2. The Labute approximate surface area is 241 Å². The van der Waals surface area contributed by atoms with Crippen LogP contribution in [-0.2, 0) is 10.0 Å². The smallest absolute Gasteiger partial charge is 0.257 e. The van der Waals surface area contributed by atoms with Gasteiger partial charge < -0.3 is 15.0 Å².